The summed E-state index contributed by atoms with van der Waals surface area (Å²) in [6.07, 6.45) is 1.65. The Balaban J connectivity index is 1.70. The number of aromatic hydroxyl groups is 1. The first-order chi connectivity index (χ1) is 14.9. The van der Waals surface area contributed by atoms with Gasteiger partial charge < -0.3 is 19.9 Å². The van der Waals surface area contributed by atoms with Crippen molar-refractivity contribution in [3.05, 3.63) is 71.0 Å². The summed E-state index contributed by atoms with van der Waals surface area (Å²) in [4.78, 5) is 24.8. The van der Waals surface area contributed by atoms with Crippen LogP contribution in [0.1, 0.15) is 16.1 Å². The molecule has 0 saturated carbocycles. The van der Waals surface area contributed by atoms with Crippen molar-refractivity contribution in [2.45, 2.75) is 0 Å². The summed E-state index contributed by atoms with van der Waals surface area (Å²) in [6, 6.07) is 11.3. The highest BCUT2D eigenvalue weighted by atomic mass is 32.2. The van der Waals surface area contributed by atoms with Crippen LogP contribution >= 0.6 is 23.3 Å². The summed E-state index contributed by atoms with van der Waals surface area (Å²) < 4.78 is 10.2. The van der Waals surface area contributed by atoms with Gasteiger partial charge in [0.25, 0.3) is 5.91 Å². The lowest BCUT2D eigenvalue weighted by Gasteiger charge is -2.13. The van der Waals surface area contributed by atoms with Gasteiger partial charge in [-0.15, -0.1) is 16.9 Å². The average Bonchev–Trinajstić information content (AvgIpc) is 3.39. The molecule has 0 unspecified atom stereocenters. The number of carbonyl (C=O) groups is 2. The quantitative estimate of drug-likeness (QED) is 0.292. The third kappa shape index (κ3) is 3.90. The number of nitrogens with zero attached hydrogens (tertiary/aromatic N) is 2. The van der Waals surface area contributed by atoms with Gasteiger partial charge in [-0.2, -0.15) is 0 Å². The van der Waals surface area contributed by atoms with Gasteiger partial charge in [0.05, 0.1) is 15.3 Å². The molecule has 0 aliphatic carbocycles. The monoisotopic (exact) mass is 453 g/mol. The number of carboxylic acid groups (broad SMARTS) is 1. The SMILES string of the molecule is C=C(/C(C(=O)O)=C(/NC(=O)c1ccc2nnsc2c1)SC)c1cc2cccc(O)c2o1. The first kappa shape index (κ1) is 20.6. The zero-order valence-electron chi connectivity index (χ0n) is 16.1. The number of aromatic nitrogens is 2. The second-order valence-electron chi connectivity index (χ2n) is 6.41. The van der Waals surface area contributed by atoms with Crippen molar-refractivity contribution in [2.75, 3.05) is 6.26 Å². The van der Waals surface area contributed by atoms with Crippen molar-refractivity contribution in [2.24, 2.45) is 0 Å². The van der Waals surface area contributed by atoms with E-state index in [0.717, 1.165) is 28.0 Å². The molecule has 0 aliphatic rings. The zero-order chi connectivity index (χ0) is 22.1. The predicted molar refractivity (Wildman–Crippen MR) is 120 cm³/mol. The van der Waals surface area contributed by atoms with E-state index in [1.807, 2.05) is 0 Å². The maximum atomic E-state index is 12.8. The molecule has 156 valence electrons. The minimum absolute atomic E-state index is 0.0647. The van der Waals surface area contributed by atoms with Gasteiger partial charge in [-0.1, -0.05) is 23.2 Å². The fourth-order valence-electron chi connectivity index (χ4n) is 2.99. The summed E-state index contributed by atoms with van der Waals surface area (Å²) in [5.41, 5.74) is 1.10. The second-order valence-corrected chi connectivity index (χ2v) is 8.01. The number of aliphatic carboxylic acids is 1. The molecule has 2 aromatic heterocycles. The minimum atomic E-state index is -1.28. The number of thioether (sulfide) groups is 1. The molecule has 31 heavy (non-hydrogen) atoms. The van der Waals surface area contributed by atoms with E-state index in [2.05, 4.69) is 21.5 Å². The lowest BCUT2D eigenvalue weighted by atomic mass is 10.1. The van der Waals surface area contributed by atoms with Crippen molar-refractivity contribution in [3.8, 4) is 5.75 Å². The van der Waals surface area contributed by atoms with E-state index >= 15 is 0 Å². The Morgan fingerprint density at radius 1 is 1.23 bits per heavy atom. The third-order valence-electron chi connectivity index (χ3n) is 4.50. The number of amides is 1. The van der Waals surface area contributed by atoms with Crippen LogP contribution in [-0.4, -0.2) is 37.9 Å². The zero-order valence-corrected chi connectivity index (χ0v) is 17.7. The molecule has 0 atom stereocenters. The molecule has 0 spiro atoms. The molecule has 2 heterocycles. The highest BCUT2D eigenvalue weighted by Crippen LogP contribution is 2.34. The van der Waals surface area contributed by atoms with Crippen LogP contribution in [0.25, 0.3) is 26.8 Å². The van der Waals surface area contributed by atoms with Crippen LogP contribution in [0.4, 0.5) is 0 Å². The largest absolute Gasteiger partial charge is 0.504 e. The number of para-hydroxylation sites is 1. The van der Waals surface area contributed by atoms with Crippen molar-refractivity contribution < 1.29 is 24.2 Å². The molecule has 0 bridgehead atoms. The van der Waals surface area contributed by atoms with Gasteiger partial charge in [0.1, 0.15) is 11.3 Å². The van der Waals surface area contributed by atoms with Crippen LogP contribution in [0.3, 0.4) is 0 Å². The number of phenolic OH excluding ortho intramolecular Hbond substituents is 1. The van der Waals surface area contributed by atoms with Crippen LogP contribution in [0.15, 0.2) is 64.1 Å². The van der Waals surface area contributed by atoms with E-state index in [-0.39, 0.29) is 33.3 Å². The number of hydrogen-bond acceptors (Lipinski definition) is 8. The summed E-state index contributed by atoms with van der Waals surface area (Å²) in [5.74, 6) is -1.65. The molecule has 10 heteroatoms. The lowest BCUT2D eigenvalue weighted by Crippen LogP contribution is -2.24. The van der Waals surface area contributed by atoms with Crippen LogP contribution in [-0.2, 0) is 4.79 Å². The molecular formula is C21H15N3O5S2. The molecule has 4 rings (SSSR count). The Kier molecular flexibility index (Phi) is 5.49. The number of nitrogens with one attached hydrogen (secondary N) is 1. The van der Waals surface area contributed by atoms with Gasteiger partial charge in [-0.25, -0.2) is 4.79 Å². The second kappa shape index (κ2) is 8.25. The number of phenols is 1. The molecule has 2 aromatic carbocycles. The maximum absolute atomic E-state index is 12.8. The summed E-state index contributed by atoms with van der Waals surface area (Å²) >= 11 is 2.22. The van der Waals surface area contributed by atoms with Gasteiger partial charge in [0.15, 0.2) is 11.3 Å². The number of rotatable bonds is 6. The smallest absolute Gasteiger partial charge is 0.339 e. The molecule has 4 aromatic rings. The van der Waals surface area contributed by atoms with Gasteiger partial charge in [-0.05, 0) is 48.1 Å². The number of benzene rings is 2. The number of fused-ring (bicyclic) bond motifs is 2. The Morgan fingerprint density at radius 3 is 2.74 bits per heavy atom. The number of hydrogen-bond donors (Lipinski definition) is 3. The summed E-state index contributed by atoms with van der Waals surface area (Å²) in [6.45, 7) is 3.86. The van der Waals surface area contributed by atoms with Crippen LogP contribution in [0, 0.1) is 0 Å². The molecule has 1 amide bonds. The minimum Gasteiger partial charge on any atom is -0.504 e. The standard InChI is InChI=1S/C21H15N3O5S2/c1-10(15-8-11-4-3-5-14(25)18(11)29-15)17(21(27)28)20(30-2)22-19(26)12-6-7-13-16(9-12)31-24-23-13/h3-9,25H,1H2,2H3,(H,22,26)(H,27,28)/b20-17+. The highest BCUT2D eigenvalue weighted by molar-refractivity contribution is 8.02. The molecule has 0 aliphatic heterocycles. The highest BCUT2D eigenvalue weighted by Gasteiger charge is 2.24. The topological polar surface area (TPSA) is 126 Å². The van der Waals surface area contributed by atoms with Crippen LogP contribution < -0.4 is 5.32 Å². The molecule has 3 N–H and O–H groups in total. The van der Waals surface area contributed by atoms with E-state index in [1.54, 1.807) is 42.7 Å². The Bertz CT molecular complexity index is 1390. The Labute approximate surface area is 184 Å². The molecule has 0 radical (unpaired) electrons. The summed E-state index contributed by atoms with van der Waals surface area (Å²) in [7, 11) is 0. The molecule has 0 fully saturated rings. The Morgan fingerprint density at radius 2 is 2.03 bits per heavy atom. The maximum Gasteiger partial charge on any atom is 0.339 e. The summed E-state index contributed by atoms with van der Waals surface area (Å²) in [5, 5.41) is 27.1. The van der Waals surface area contributed by atoms with Crippen LogP contribution in [0.2, 0.25) is 0 Å². The fourth-order valence-corrected chi connectivity index (χ4v) is 4.20. The first-order valence-electron chi connectivity index (χ1n) is 8.85. The van der Waals surface area contributed by atoms with Gasteiger partial charge in [0.2, 0.25) is 0 Å². The van der Waals surface area contributed by atoms with Crippen LogP contribution in [0.5, 0.6) is 5.75 Å². The molecule has 8 nitrogen and oxygen atoms in total. The van der Waals surface area contributed by atoms with Crippen molar-refractivity contribution in [1.29, 1.82) is 0 Å². The fraction of sp³-hybridized carbons (Fsp3) is 0.0476. The lowest BCUT2D eigenvalue weighted by molar-refractivity contribution is -0.132. The molecule has 0 saturated heterocycles. The van der Waals surface area contributed by atoms with Crippen molar-refractivity contribution >= 4 is 61.9 Å². The third-order valence-corrected chi connectivity index (χ3v) is 5.91. The van der Waals surface area contributed by atoms with E-state index < -0.39 is 11.9 Å². The van der Waals surface area contributed by atoms with E-state index in [0.29, 0.717) is 16.5 Å². The van der Waals surface area contributed by atoms with E-state index in [4.69, 9.17) is 4.42 Å². The predicted octanol–water partition coefficient (Wildman–Crippen LogP) is 4.25. The first-order valence-corrected chi connectivity index (χ1v) is 10.8. The number of carbonyl (C=O) groups excluding carboxylic acids is 1. The van der Waals surface area contributed by atoms with Crippen molar-refractivity contribution in [1.82, 2.24) is 14.9 Å². The van der Waals surface area contributed by atoms with Crippen molar-refractivity contribution in [3.63, 3.8) is 0 Å². The van der Waals surface area contributed by atoms with Gasteiger partial charge in [0, 0.05) is 16.5 Å². The normalized spacial score (nSPS) is 12.0. The van der Waals surface area contributed by atoms with Gasteiger partial charge in [-0.3, -0.25) is 4.79 Å². The molecular weight excluding hydrogens is 438 g/mol. The van der Waals surface area contributed by atoms with Gasteiger partial charge >= 0.3 is 5.97 Å². The number of furan rings is 1. The van der Waals surface area contributed by atoms with E-state index in [1.165, 1.54) is 6.07 Å². The number of carboxylic acids is 1. The Hall–Kier alpha value is -3.63. The average molecular weight is 454 g/mol. The van der Waals surface area contributed by atoms with E-state index in [9.17, 15) is 19.8 Å².